The molecule has 0 unspecified atom stereocenters. The number of aromatic amines is 1. The Hall–Kier alpha value is -3.06. The monoisotopic (exact) mass is 500 g/mol. The Kier molecular flexibility index (Phi) is 7.80. The minimum atomic E-state index is -4.68. The number of H-pyrrole nitrogens is 1. The lowest BCUT2D eigenvalue weighted by molar-refractivity contribution is -0.137. The van der Waals surface area contributed by atoms with Gasteiger partial charge in [0, 0.05) is 38.6 Å². The first kappa shape index (κ1) is 26.5. The van der Waals surface area contributed by atoms with Crippen molar-refractivity contribution in [2.24, 2.45) is 0 Å². The standard InChI is InChI=1S/C22H31F3N6O4/c1-12(34-5)19(32)28-15-10-27-18-16(15)17(14(9-26-18)22(23,24)25)31-8-6-7-13(11-31)29-30-20(33)35-21(2,3)4/h9-10,12-13,29H,6-8,11H2,1-5H3,(H,26,27)(H,28,32)(H,30,33)/t12-,13-/m1/s1. The molecule has 1 aliphatic rings. The fourth-order valence-corrected chi connectivity index (χ4v) is 3.82. The molecule has 4 N–H and O–H groups in total. The SMILES string of the molecule is CO[C@H](C)C(=O)Nc1c[nH]c2ncc(C(F)(F)F)c(N3CCC[C@@H](NNC(=O)OC(C)(C)C)C3)c12. The summed E-state index contributed by atoms with van der Waals surface area (Å²) in [6.07, 6.45) is -2.77. The number of methoxy groups -OCH3 is 1. The number of hydrogen-bond donors (Lipinski definition) is 4. The highest BCUT2D eigenvalue weighted by Crippen LogP contribution is 2.43. The van der Waals surface area contributed by atoms with E-state index in [4.69, 9.17) is 9.47 Å². The smallest absolute Gasteiger partial charge is 0.422 e. The number of piperidine rings is 1. The molecule has 0 bridgehead atoms. The maximum atomic E-state index is 14.0. The molecule has 2 amide bonds. The number of pyridine rings is 1. The van der Waals surface area contributed by atoms with Crippen LogP contribution in [0, 0.1) is 0 Å². The molecule has 10 nitrogen and oxygen atoms in total. The number of hydrogen-bond acceptors (Lipinski definition) is 7. The molecular weight excluding hydrogens is 469 g/mol. The fraction of sp³-hybridized carbons (Fsp3) is 0.591. The highest BCUT2D eigenvalue weighted by molar-refractivity contribution is 6.08. The van der Waals surface area contributed by atoms with Gasteiger partial charge in [0.1, 0.15) is 17.4 Å². The van der Waals surface area contributed by atoms with E-state index in [-0.39, 0.29) is 35.0 Å². The van der Waals surface area contributed by atoms with E-state index >= 15 is 0 Å². The first-order valence-corrected chi connectivity index (χ1v) is 11.2. The van der Waals surface area contributed by atoms with Crippen LogP contribution in [0.4, 0.5) is 29.3 Å². The molecule has 0 spiro atoms. The third kappa shape index (κ3) is 6.54. The van der Waals surface area contributed by atoms with Crippen LogP contribution < -0.4 is 21.1 Å². The Bertz CT molecular complexity index is 1070. The summed E-state index contributed by atoms with van der Waals surface area (Å²) in [6.45, 7) is 7.22. The van der Waals surface area contributed by atoms with Gasteiger partial charge in [0.15, 0.2) is 0 Å². The topological polar surface area (TPSA) is 121 Å². The number of rotatable bonds is 6. The molecule has 0 saturated carbocycles. The van der Waals surface area contributed by atoms with Crippen LogP contribution in [0.15, 0.2) is 12.4 Å². The van der Waals surface area contributed by atoms with Crippen LogP contribution in [0.2, 0.25) is 0 Å². The van der Waals surface area contributed by atoms with Crippen LogP contribution in [-0.4, -0.2) is 59.9 Å². The molecule has 3 heterocycles. The van der Waals surface area contributed by atoms with Crippen molar-refractivity contribution in [1.29, 1.82) is 0 Å². The third-order valence-electron chi connectivity index (χ3n) is 5.47. The molecule has 35 heavy (non-hydrogen) atoms. The van der Waals surface area contributed by atoms with E-state index in [1.165, 1.54) is 20.2 Å². The molecule has 2 atom stereocenters. The summed E-state index contributed by atoms with van der Waals surface area (Å²) in [6, 6.07) is -0.342. The van der Waals surface area contributed by atoms with Crippen molar-refractivity contribution in [1.82, 2.24) is 20.8 Å². The largest absolute Gasteiger partial charge is 0.443 e. The number of nitrogens with one attached hydrogen (secondary N) is 4. The van der Waals surface area contributed by atoms with Gasteiger partial charge < -0.3 is 24.7 Å². The molecule has 13 heteroatoms. The number of ether oxygens (including phenoxy) is 2. The molecular formula is C22H31F3N6O4. The van der Waals surface area contributed by atoms with E-state index in [0.29, 0.717) is 19.4 Å². The average molecular weight is 501 g/mol. The van der Waals surface area contributed by atoms with Crippen molar-refractivity contribution in [2.75, 3.05) is 30.4 Å². The summed E-state index contributed by atoms with van der Waals surface area (Å²) >= 11 is 0. The minimum Gasteiger partial charge on any atom is -0.443 e. The fourth-order valence-electron chi connectivity index (χ4n) is 3.82. The molecule has 2 aromatic heterocycles. The Morgan fingerprint density at radius 2 is 2.00 bits per heavy atom. The van der Waals surface area contributed by atoms with Gasteiger partial charge in [-0.25, -0.2) is 15.2 Å². The quantitative estimate of drug-likeness (QED) is 0.448. The van der Waals surface area contributed by atoms with Crippen LogP contribution in [0.25, 0.3) is 11.0 Å². The van der Waals surface area contributed by atoms with Crippen LogP contribution in [0.3, 0.4) is 0 Å². The first-order chi connectivity index (χ1) is 16.3. The van der Waals surface area contributed by atoms with Gasteiger partial charge in [-0.3, -0.25) is 10.2 Å². The van der Waals surface area contributed by atoms with Crippen molar-refractivity contribution >= 4 is 34.4 Å². The second-order valence-corrected chi connectivity index (χ2v) is 9.37. The van der Waals surface area contributed by atoms with Crippen LogP contribution in [-0.2, 0) is 20.4 Å². The maximum Gasteiger partial charge on any atom is 0.422 e. The summed E-state index contributed by atoms with van der Waals surface area (Å²) in [4.78, 5) is 32.7. The van der Waals surface area contributed by atoms with Gasteiger partial charge in [-0.15, -0.1) is 0 Å². The number of amides is 2. The Labute approximate surface area is 200 Å². The predicted octanol–water partition coefficient (Wildman–Crippen LogP) is 3.55. The van der Waals surface area contributed by atoms with Crippen LogP contribution in [0.5, 0.6) is 0 Å². The Balaban J connectivity index is 1.92. The number of alkyl halides is 3. The van der Waals surface area contributed by atoms with Gasteiger partial charge in [0.05, 0.1) is 22.3 Å². The van der Waals surface area contributed by atoms with Crippen molar-refractivity contribution in [3.8, 4) is 0 Å². The van der Waals surface area contributed by atoms with Gasteiger partial charge >= 0.3 is 12.3 Å². The number of fused-ring (bicyclic) bond motifs is 1. The lowest BCUT2D eigenvalue weighted by Crippen LogP contribution is -2.53. The number of carbonyl (C=O) groups is 2. The molecule has 0 aliphatic carbocycles. The number of halogens is 3. The zero-order chi connectivity index (χ0) is 26.0. The van der Waals surface area contributed by atoms with E-state index in [1.807, 2.05) is 0 Å². The Morgan fingerprint density at radius 3 is 2.63 bits per heavy atom. The van der Waals surface area contributed by atoms with Crippen molar-refractivity contribution in [3.63, 3.8) is 0 Å². The highest BCUT2D eigenvalue weighted by Gasteiger charge is 2.38. The second kappa shape index (κ2) is 10.3. The summed E-state index contributed by atoms with van der Waals surface area (Å²) in [5.74, 6) is -0.503. The molecule has 0 aromatic carbocycles. The van der Waals surface area contributed by atoms with Gasteiger partial charge in [-0.05, 0) is 40.5 Å². The zero-order valence-electron chi connectivity index (χ0n) is 20.3. The second-order valence-electron chi connectivity index (χ2n) is 9.37. The molecule has 1 aliphatic heterocycles. The summed E-state index contributed by atoms with van der Waals surface area (Å²) < 4.78 is 52.4. The van der Waals surface area contributed by atoms with Gasteiger partial charge in [0.2, 0.25) is 0 Å². The highest BCUT2D eigenvalue weighted by atomic mass is 19.4. The zero-order valence-corrected chi connectivity index (χ0v) is 20.3. The number of nitrogens with zero attached hydrogens (tertiary/aromatic N) is 2. The minimum absolute atomic E-state index is 0.0899. The van der Waals surface area contributed by atoms with Gasteiger partial charge in [-0.2, -0.15) is 13.2 Å². The van der Waals surface area contributed by atoms with Crippen LogP contribution >= 0.6 is 0 Å². The summed E-state index contributed by atoms with van der Waals surface area (Å²) in [5.41, 5.74) is 4.00. The number of anilines is 2. The summed E-state index contributed by atoms with van der Waals surface area (Å²) in [5, 5.41) is 2.78. The first-order valence-electron chi connectivity index (χ1n) is 11.2. The van der Waals surface area contributed by atoms with Crippen LogP contribution in [0.1, 0.15) is 46.1 Å². The number of hydrazine groups is 1. The molecule has 3 rings (SSSR count). The van der Waals surface area contributed by atoms with E-state index in [9.17, 15) is 22.8 Å². The number of carbonyl (C=O) groups excluding carboxylic acids is 2. The molecule has 194 valence electrons. The van der Waals surface area contributed by atoms with Crippen molar-refractivity contribution in [3.05, 3.63) is 18.0 Å². The van der Waals surface area contributed by atoms with Gasteiger partial charge in [0.25, 0.3) is 5.91 Å². The van der Waals surface area contributed by atoms with E-state index in [2.05, 4.69) is 26.1 Å². The van der Waals surface area contributed by atoms with E-state index in [1.54, 1.807) is 25.7 Å². The Morgan fingerprint density at radius 1 is 1.29 bits per heavy atom. The van der Waals surface area contributed by atoms with E-state index in [0.717, 1.165) is 6.20 Å². The lowest BCUT2D eigenvalue weighted by Gasteiger charge is -2.36. The molecule has 2 aromatic rings. The van der Waals surface area contributed by atoms with Gasteiger partial charge in [-0.1, -0.05) is 0 Å². The molecule has 0 radical (unpaired) electrons. The van der Waals surface area contributed by atoms with Crippen molar-refractivity contribution < 1.29 is 32.2 Å². The third-order valence-corrected chi connectivity index (χ3v) is 5.47. The lowest BCUT2D eigenvalue weighted by atomic mass is 10.0. The molecule has 1 saturated heterocycles. The summed E-state index contributed by atoms with van der Waals surface area (Å²) in [7, 11) is 1.36. The van der Waals surface area contributed by atoms with Crippen molar-refractivity contribution in [2.45, 2.75) is 64.5 Å². The normalized spacial score (nSPS) is 17.8. The average Bonchev–Trinajstić information content (AvgIpc) is 3.17. The van der Waals surface area contributed by atoms with E-state index < -0.39 is 35.4 Å². The maximum absolute atomic E-state index is 14.0. The predicted molar refractivity (Wildman–Crippen MR) is 124 cm³/mol. The molecule has 1 fully saturated rings. The number of aromatic nitrogens is 2.